The van der Waals surface area contributed by atoms with Crippen molar-refractivity contribution in [3.63, 3.8) is 0 Å². The zero-order valence-electron chi connectivity index (χ0n) is 14.5. The monoisotopic (exact) mass is 372 g/mol. The third-order valence-corrected chi connectivity index (χ3v) is 5.75. The molecule has 3 aromatic rings. The first-order chi connectivity index (χ1) is 12.0. The van der Waals surface area contributed by atoms with Crippen molar-refractivity contribution in [3.05, 3.63) is 63.6 Å². The summed E-state index contributed by atoms with van der Waals surface area (Å²) in [5, 5.41) is 11.6. The van der Waals surface area contributed by atoms with Gasteiger partial charge in [0.2, 0.25) is 0 Å². The van der Waals surface area contributed by atoms with Gasteiger partial charge in [-0.05, 0) is 29.1 Å². The second-order valence-corrected chi connectivity index (χ2v) is 7.88. The van der Waals surface area contributed by atoms with Gasteiger partial charge in [0, 0.05) is 43.8 Å². The summed E-state index contributed by atoms with van der Waals surface area (Å²) in [6.07, 6.45) is 0.800. The molecular weight excluding hydrogens is 352 g/mol. The first kappa shape index (κ1) is 17.7. The molecule has 5 nitrogen and oxygen atoms in total. The first-order valence-electron chi connectivity index (χ1n) is 7.88. The van der Waals surface area contributed by atoms with Gasteiger partial charge in [-0.25, -0.2) is 0 Å². The maximum atomic E-state index is 12.1. The summed E-state index contributed by atoms with van der Waals surface area (Å²) in [5.41, 5.74) is 1.81. The van der Waals surface area contributed by atoms with Gasteiger partial charge in [0.1, 0.15) is 5.82 Å². The minimum Gasteiger partial charge on any atom is -0.345 e. The Morgan fingerprint density at radius 3 is 2.80 bits per heavy atom. The second-order valence-electron chi connectivity index (χ2n) is 5.90. The van der Waals surface area contributed by atoms with Crippen molar-refractivity contribution in [2.45, 2.75) is 17.3 Å². The summed E-state index contributed by atoms with van der Waals surface area (Å²) in [5.74, 6) is 1.73. The molecule has 0 aliphatic carbocycles. The van der Waals surface area contributed by atoms with Crippen molar-refractivity contribution < 1.29 is 4.79 Å². The number of thioether (sulfide) groups is 1. The predicted octanol–water partition coefficient (Wildman–Crippen LogP) is 3.46. The Morgan fingerprint density at radius 1 is 1.24 bits per heavy atom. The molecule has 2 aromatic heterocycles. The van der Waals surface area contributed by atoms with Crippen molar-refractivity contribution in [1.29, 1.82) is 0 Å². The summed E-state index contributed by atoms with van der Waals surface area (Å²) >= 11 is 3.36. The molecule has 0 bridgehead atoms. The summed E-state index contributed by atoms with van der Waals surface area (Å²) < 4.78 is 2.04. The van der Waals surface area contributed by atoms with Crippen LogP contribution in [0.1, 0.15) is 26.6 Å². The maximum Gasteiger partial charge on any atom is 0.253 e. The van der Waals surface area contributed by atoms with Crippen LogP contribution in [0, 0.1) is 0 Å². The van der Waals surface area contributed by atoms with E-state index >= 15 is 0 Å². The lowest BCUT2D eigenvalue weighted by Gasteiger charge is -2.11. The highest BCUT2D eigenvalue weighted by molar-refractivity contribution is 7.98. The van der Waals surface area contributed by atoms with E-state index in [1.807, 2.05) is 41.9 Å². The van der Waals surface area contributed by atoms with Gasteiger partial charge >= 0.3 is 0 Å². The second kappa shape index (κ2) is 7.84. The Hall–Kier alpha value is -2.12. The quantitative estimate of drug-likeness (QED) is 0.622. The lowest BCUT2D eigenvalue weighted by atomic mass is 10.1. The number of nitrogens with zero attached hydrogens (tertiary/aromatic N) is 4. The van der Waals surface area contributed by atoms with Gasteiger partial charge in [-0.2, -0.15) is 0 Å². The molecule has 0 saturated carbocycles. The Balaban J connectivity index is 1.67. The number of amides is 1. The third-order valence-electron chi connectivity index (χ3n) is 3.79. The van der Waals surface area contributed by atoms with E-state index in [-0.39, 0.29) is 5.91 Å². The van der Waals surface area contributed by atoms with Gasteiger partial charge in [-0.15, -0.1) is 21.5 Å². The van der Waals surface area contributed by atoms with E-state index in [1.54, 1.807) is 42.1 Å². The number of carbonyl (C=O) groups excluding carboxylic acids is 1. The van der Waals surface area contributed by atoms with E-state index in [4.69, 9.17) is 0 Å². The fourth-order valence-corrected chi connectivity index (χ4v) is 3.97. The number of hydrogen-bond donors (Lipinski definition) is 0. The molecule has 0 fully saturated rings. The number of carbonyl (C=O) groups is 1. The fourth-order valence-electron chi connectivity index (χ4n) is 2.39. The van der Waals surface area contributed by atoms with Crippen LogP contribution in [0.3, 0.4) is 0 Å². The average Bonchev–Trinajstić information content (AvgIpc) is 3.24. The first-order valence-corrected chi connectivity index (χ1v) is 9.75. The Bertz CT molecular complexity index is 856. The van der Waals surface area contributed by atoms with Crippen LogP contribution >= 0.6 is 23.1 Å². The van der Waals surface area contributed by atoms with Crippen LogP contribution in [0.5, 0.6) is 0 Å². The lowest BCUT2D eigenvalue weighted by Crippen LogP contribution is -2.21. The highest BCUT2D eigenvalue weighted by atomic mass is 32.2. The SMILES string of the molecule is CN(C)C(=O)c1cccc(CSc2nnc(Cc3cccs3)n2C)c1. The average molecular weight is 373 g/mol. The van der Waals surface area contributed by atoms with E-state index < -0.39 is 0 Å². The molecular formula is C18H20N4OS2. The van der Waals surface area contributed by atoms with Crippen LogP contribution < -0.4 is 0 Å². The summed E-state index contributed by atoms with van der Waals surface area (Å²) in [6.45, 7) is 0. The van der Waals surface area contributed by atoms with Crippen LogP contribution in [-0.4, -0.2) is 39.7 Å². The summed E-state index contributed by atoms with van der Waals surface area (Å²) in [7, 11) is 5.52. The van der Waals surface area contributed by atoms with Gasteiger partial charge in [-0.3, -0.25) is 4.79 Å². The van der Waals surface area contributed by atoms with Crippen molar-refractivity contribution in [2.24, 2.45) is 7.05 Å². The highest BCUT2D eigenvalue weighted by Gasteiger charge is 2.12. The van der Waals surface area contributed by atoms with Crippen LogP contribution in [0.25, 0.3) is 0 Å². The Morgan fingerprint density at radius 2 is 2.08 bits per heavy atom. The number of thiophene rings is 1. The van der Waals surface area contributed by atoms with E-state index in [9.17, 15) is 4.79 Å². The van der Waals surface area contributed by atoms with Crippen LogP contribution in [-0.2, 0) is 19.2 Å². The van der Waals surface area contributed by atoms with Gasteiger partial charge in [0.25, 0.3) is 5.91 Å². The van der Waals surface area contributed by atoms with E-state index in [1.165, 1.54) is 4.88 Å². The van der Waals surface area contributed by atoms with Crippen LogP contribution in [0.4, 0.5) is 0 Å². The minimum atomic E-state index is 0.0174. The summed E-state index contributed by atoms with van der Waals surface area (Å²) in [4.78, 5) is 14.9. The van der Waals surface area contributed by atoms with E-state index in [0.717, 1.165) is 28.7 Å². The summed E-state index contributed by atoms with van der Waals surface area (Å²) in [6, 6.07) is 11.9. The van der Waals surface area contributed by atoms with Crippen molar-refractivity contribution >= 4 is 29.0 Å². The predicted molar refractivity (Wildman–Crippen MR) is 102 cm³/mol. The third kappa shape index (κ3) is 4.29. The van der Waals surface area contributed by atoms with Crippen molar-refractivity contribution in [1.82, 2.24) is 19.7 Å². The molecule has 0 radical (unpaired) electrons. The molecule has 0 aliphatic heterocycles. The Kier molecular flexibility index (Phi) is 5.55. The number of benzene rings is 1. The normalized spacial score (nSPS) is 10.8. The van der Waals surface area contributed by atoms with E-state index in [2.05, 4.69) is 21.6 Å². The Labute approximate surface area is 155 Å². The maximum absolute atomic E-state index is 12.1. The topological polar surface area (TPSA) is 51.0 Å². The molecule has 1 aromatic carbocycles. The lowest BCUT2D eigenvalue weighted by molar-refractivity contribution is 0.0827. The molecule has 0 aliphatic rings. The van der Waals surface area contributed by atoms with Crippen molar-refractivity contribution in [2.75, 3.05) is 14.1 Å². The molecule has 0 N–H and O–H groups in total. The van der Waals surface area contributed by atoms with Crippen molar-refractivity contribution in [3.8, 4) is 0 Å². The standard InChI is InChI=1S/C18H20N4OS2/c1-21(2)17(23)14-7-4-6-13(10-14)12-25-18-20-19-16(22(18)3)11-15-8-5-9-24-15/h4-10H,11-12H2,1-3H3. The number of hydrogen-bond acceptors (Lipinski definition) is 5. The van der Waals surface area contributed by atoms with Crippen LogP contribution in [0.2, 0.25) is 0 Å². The molecule has 7 heteroatoms. The highest BCUT2D eigenvalue weighted by Crippen LogP contribution is 2.23. The minimum absolute atomic E-state index is 0.0174. The molecule has 0 unspecified atom stereocenters. The zero-order chi connectivity index (χ0) is 17.8. The molecule has 0 saturated heterocycles. The largest absolute Gasteiger partial charge is 0.345 e. The zero-order valence-corrected chi connectivity index (χ0v) is 16.1. The molecule has 3 rings (SSSR count). The molecule has 0 spiro atoms. The number of rotatable bonds is 6. The van der Waals surface area contributed by atoms with Gasteiger partial charge in [-0.1, -0.05) is 30.0 Å². The van der Waals surface area contributed by atoms with Gasteiger partial charge < -0.3 is 9.47 Å². The number of aromatic nitrogens is 3. The molecule has 25 heavy (non-hydrogen) atoms. The van der Waals surface area contributed by atoms with E-state index in [0.29, 0.717) is 5.56 Å². The van der Waals surface area contributed by atoms with Crippen LogP contribution in [0.15, 0.2) is 46.9 Å². The molecule has 1 amide bonds. The molecule has 130 valence electrons. The van der Waals surface area contributed by atoms with Gasteiger partial charge in [0.15, 0.2) is 5.16 Å². The molecule has 0 atom stereocenters. The van der Waals surface area contributed by atoms with Gasteiger partial charge in [0.05, 0.1) is 0 Å². The molecule has 2 heterocycles. The fraction of sp³-hybridized carbons (Fsp3) is 0.278. The smallest absolute Gasteiger partial charge is 0.253 e.